The fourth-order valence-electron chi connectivity index (χ4n) is 2.00. The van der Waals surface area contributed by atoms with Gasteiger partial charge in [0.1, 0.15) is 0 Å². The summed E-state index contributed by atoms with van der Waals surface area (Å²) in [5.74, 6) is 0.287. The zero-order valence-corrected chi connectivity index (χ0v) is 10.3. The summed E-state index contributed by atoms with van der Waals surface area (Å²) in [5.41, 5.74) is 0. The minimum Gasteiger partial charge on any atom is -0.466 e. The second-order valence-electron chi connectivity index (χ2n) is 4.54. The largest absolute Gasteiger partial charge is 0.466 e. The van der Waals surface area contributed by atoms with Crippen molar-refractivity contribution in [2.24, 2.45) is 5.92 Å². The molecular formula is C12H23NO3. The molecule has 0 aromatic heterocycles. The van der Waals surface area contributed by atoms with Gasteiger partial charge in [0.05, 0.1) is 12.7 Å². The molecule has 16 heavy (non-hydrogen) atoms. The van der Waals surface area contributed by atoms with Gasteiger partial charge in [0.15, 0.2) is 0 Å². The third-order valence-electron chi connectivity index (χ3n) is 3.16. The molecule has 2 unspecified atom stereocenters. The van der Waals surface area contributed by atoms with Crippen molar-refractivity contribution in [3.8, 4) is 0 Å². The fraction of sp³-hybridized carbons (Fsp3) is 0.917. The van der Waals surface area contributed by atoms with Crippen molar-refractivity contribution in [2.75, 3.05) is 26.2 Å². The van der Waals surface area contributed by atoms with E-state index < -0.39 is 0 Å². The lowest BCUT2D eigenvalue weighted by Gasteiger charge is -2.34. The highest BCUT2D eigenvalue weighted by molar-refractivity contribution is 5.69. The van der Waals surface area contributed by atoms with E-state index in [0.29, 0.717) is 18.9 Å². The zero-order chi connectivity index (χ0) is 12.0. The number of carbonyl (C=O) groups is 1. The van der Waals surface area contributed by atoms with Crippen molar-refractivity contribution in [3.63, 3.8) is 0 Å². The number of rotatable bonds is 5. The fourth-order valence-corrected chi connectivity index (χ4v) is 2.00. The summed E-state index contributed by atoms with van der Waals surface area (Å²) in [6, 6.07) is 0. The first-order chi connectivity index (χ1) is 7.63. The van der Waals surface area contributed by atoms with Gasteiger partial charge in [0.2, 0.25) is 0 Å². The van der Waals surface area contributed by atoms with Gasteiger partial charge in [-0.05, 0) is 38.8 Å². The second kappa shape index (κ2) is 6.86. The number of piperidine rings is 1. The lowest BCUT2D eigenvalue weighted by Crippen LogP contribution is -2.43. The van der Waals surface area contributed by atoms with Crippen LogP contribution in [0.3, 0.4) is 0 Å². The van der Waals surface area contributed by atoms with Gasteiger partial charge in [0.25, 0.3) is 0 Å². The van der Waals surface area contributed by atoms with E-state index in [1.165, 1.54) is 0 Å². The Balaban J connectivity index is 2.12. The average Bonchev–Trinajstić information content (AvgIpc) is 2.24. The van der Waals surface area contributed by atoms with Gasteiger partial charge in [0, 0.05) is 13.0 Å². The van der Waals surface area contributed by atoms with Gasteiger partial charge in [-0.25, -0.2) is 0 Å². The molecule has 1 aliphatic heterocycles. The Morgan fingerprint density at radius 3 is 2.94 bits per heavy atom. The first kappa shape index (κ1) is 13.5. The van der Waals surface area contributed by atoms with E-state index in [2.05, 4.69) is 11.8 Å². The minimum atomic E-state index is -0.212. The molecule has 0 aromatic rings. The standard InChI is InChI=1S/C12H23NO3/c1-3-16-12(15)5-4-7-13-8-6-10(2)11(14)9-13/h10-11,14H,3-9H2,1-2H3. The van der Waals surface area contributed by atoms with Crippen molar-refractivity contribution in [2.45, 2.75) is 39.2 Å². The Hall–Kier alpha value is -0.610. The lowest BCUT2D eigenvalue weighted by molar-refractivity contribution is -0.143. The molecule has 1 N–H and O–H groups in total. The number of β-amino-alcohol motifs (C(OH)–C–C–N with tert-alkyl or cyclic N) is 1. The molecule has 4 heteroatoms. The topological polar surface area (TPSA) is 49.8 Å². The Labute approximate surface area is 97.6 Å². The van der Waals surface area contributed by atoms with Crippen molar-refractivity contribution >= 4 is 5.97 Å². The van der Waals surface area contributed by atoms with Crippen molar-refractivity contribution in [3.05, 3.63) is 0 Å². The quantitative estimate of drug-likeness (QED) is 0.715. The van der Waals surface area contributed by atoms with E-state index in [4.69, 9.17) is 4.74 Å². The SMILES string of the molecule is CCOC(=O)CCCN1CCC(C)C(O)C1. The highest BCUT2D eigenvalue weighted by atomic mass is 16.5. The van der Waals surface area contributed by atoms with Crippen LogP contribution in [0.15, 0.2) is 0 Å². The van der Waals surface area contributed by atoms with Gasteiger partial charge >= 0.3 is 5.97 Å². The maximum absolute atomic E-state index is 11.1. The third-order valence-corrected chi connectivity index (χ3v) is 3.16. The van der Waals surface area contributed by atoms with Crippen molar-refractivity contribution < 1.29 is 14.6 Å². The molecule has 0 radical (unpaired) electrons. The summed E-state index contributed by atoms with van der Waals surface area (Å²) in [7, 11) is 0. The summed E-state index contributed by atoms with van der Waals surface area (Å²) >= 11 is 0. The highest BCUT2D eigenvalue weighted by Gasteiger charge is 2.23. The van der Waals surface area contributed by atoms with Crippen LogP contribution in [0.5, 0.6) is 0 Å². The number of hydrogen-bond donors (Lipinski definition) is 1. The molecule has 94 valence electrons. The van der Waals surface area contributed by atoms with Gasteiger partial charge in [-0.15, -0.1) is 0 Å². The first-order valence-corrected chi connectivity index (χ1v) is 6.19. The molecule has 0 aliphatic carbocycles. The Bertz CT molecular complexity index is 220. The summed E-state index contributed by atoms with van der Waals surface area (Å²) in [4.78, 5) is 13.3. The van der Waals surface area contributed by atoms with Crippen LogP contribution in [0.25, 0.3) is 0 Å². The molecule has 1 fully saturated rings. The van der Waals surface area contributed by atoms with Crippen molar-refractivity contribution in [1.29, 1.82) is 0 Å². The van der Waals surface area contributed by atoms with Gasteiger partial charge in [-0.1, -0.05) is 6.92 Å². The predicted molar refractivity (Wildman–Crippen MR) is 62.1 cm³/mol. The smallest absolute Gasteiger partial charge is 0.305 e. The molecule has 0 saturated carbocycles. The molecule has 1 rings (SSSR count). The molecule has 2 atom stereocenters. The van der Waals surface area contributed by atoms with Crippen LogP contribution in [0.1, 0.15) is 33.1 Å². The molecular weight excluding hydrogens is 206 g/mol. The van der Waals surface area contributed by atoms with E-state index >= 15 is 0 Å². The number of aliphatic hydroxyl groups is 1. The molecule has 4 nitrogen and oxygen atoms in total. The minimum absolute atomic E-state index is 0.117. The third kappa shape index (κ3) is 4.49. The van der Waals surface area contributed by atoms with Crippen LogP contribution in [0.2, 0.25) is 0 Å². The average molecular weight is 229 g/mol. The molecule has 1 heterocycles. The normalized spacial score (nSPS) is 26.7. The number of esters is 1. The summed E-state index contributed by atoms with van der Waals surface area (Å²) in [6.07, 6.45) is 2.13. The van der Waals surface area contributed by atoms with Crippen LogP contribution < -0.4 is 0 Å². The van der Waals surface area contributed by atoms with E-state index in [0.717, 1.165) is 32.5 Å². The molecule has 0 aromatic carbocycles. The number of aliphatic hydroxyl groups excluding tert-OH is 1. The number of carbonyl (C=O) groups excluding carboxylic acids is 1. The van der Waals surface area contributed by atoms with Gasteiger partial charge in [-0.2, -0.15) is 0 Å². The maximum atomic E-state index is 11.1. The summed E-state index contributed by atoms with van der Waals surface area (Å²) < 4.78 is 4.86. The molecule has 0 amide bonds. The van der Waals surface area contributed by atoms with E-state index in [1.54, 1.807) is 0 Å². The molecule has 1 aliphatic rings. The molecule has 0 bridgehead atoms. The van der Waals surface area contributed by atoms with E-state index in [9.17, 15) is 9.90 Å². The van der Waals surface area contributed by atoms with Gasteiger partial charge < -0.3 is 14.7 Å². The van der Waals surface area contributed by atoms with Crippen LogP contribution in [-0.2, 0) is 9.53 Å². The maximum Gasteiger partial charge on any atom is 0.305 e. The first-order valence-electron chi connectivity index (χ1n) is 6.19. The van der Waals surface area contributed by atoms with E-state index in [-0.39, 0.29) is 12.1 Å². The van der Waals surface area contributed by atoms with Crippen LogP contribution >= 0.6 is 0 Å². The number of hydrogen-bond acceptors (Lipinski definition) is 4. The summed E-state index contributed by atoms with van der Waals surface area (Å²) in [5, 5.41) is 9.71. The monoisotopic (exact) mass is 229 g/mol. The van der Waals surface area contributed by atoms with Crippen LogP contribution in [-0.4, -0.2) is 48.3 Å². The zero-order valence-electron chi connectivity index (χ0n) is 10.3. The molecule has 0 spiro atoms. The summed E-state index contributed by atoms with van der Waals surface area (Å²) in [6.45, 7) is 7.01. The molecule has 1 saturated heterocycles. The Morgan fingerprint density at radius 2 is 2.31 bits per heavy atom. The van der Waals surface area contributed by atoms with E-state index in [1.807, 2.05) is 6.92 Å². The second-order valence-corrected chi connectivity index (χ2v) is 4.54. The van der Waals surface area contributed by atoms with Crippen LogP contribution in [0.4, 0.5) is 0 Å². The Kier molecular flexibility index (Phi) is 5.77. The Morgan fingerprint density at radius 1 is 1.56 bits per heavy atom. The number of nitrogens with zero attached hydrogens (tertiary/aromatic N) is 1. The number of ether oxygens (including phenoxy) is 1. The van der Waals surface area contributed by atoms with Gasteiger partial charge in [-0.3, -0.25) is 4.79 Å². The predicted octanol–water partition coefficient (Wildman–Crippen LogP) is 1.03. The lowest BCUT2D eigenvalue weighted by atomic mass is 9.96. The van der Waals surface area contributed by atoms with Crippen LogP contribution in [0, 0.1) is 5.92 Å². The van der Waals surface area contributed by atoms with Crippen molar-refractivity contribution in [1.82, 2.24) is 4.90 Å². The number of likely N-dealkylation sites (tertiary alicyclic amines) is 1. The highest BCUT2D eigenvalue weighted by Crippen LogP contribution is 2.17.